The zero-order valence-corrected chi connectivity index (χ0v) is 22.8. The monoisotopic (exact) mass is 563 g/mol. The number of rotatable bonds is 6. The predicted molar refractivity (Wildman–Crippen MR) is 149 cm³/mol. The van der Waals surface area contributed by atoms with E-state index in [0.717, 1.165) is 48.3 Å². The highest BCUT2D eigenvalue weighted by atomic mass is 19.4. The first-order valence-electron chi connectivity index (χ1n) is 13.7. The molecule has 2 saturated heterocycles. The molecule has 3 heterocycles. The van der Waals surface area contributed by atoms with E-state index in [0.29, 0.717) is 37.3 Å². The molecule has 3 aromatic rings. The van der Waals surface area contributed by atoms with Crippen LogP contribution in [-0.2, 0) is 23.0 Å². The number of hydrogen-bond acceptors (Lipinski definition) is 6. The van der Waals surface area contributed by atoms with Crippen molar-refractivity contribution >= 4 is 11.6 Å². The van der Waals surface area contributed by atoms with Gasteiger partial charge in [-0.15, -0.1) is 0 Å². The average molecular weight is 564 g/mol. The first-order valence-corrected chi connectivity index (χ1v) is 13.7. The average Bonchev–Trinajstić information content (AvgIpc) is 3.40. The number of benzene rings is 2. The number of halogens is 3. The number of nitrogens with one attached hydrogen (secondary N) is 1. The molecule has 214 valence electrons. The topological polar surface area (TPSA) is 92.5 Å². The lowest BCUT2D eigenvalue weighted by Gasteiger charge is -2.42. The van der Waals surface area contributed by atoms with E-state index in [1.54, 1.807) is 6.20 Å². The van der Waals surface area contributed by atoms with Gasteiger partial charge in [0.05, 0.1) is 34.5 Å². The number of nitrogens with zero attached hydrogens (tertiary/aromatic N) is 4. The van der Waals surface area contributed by atoms with Crippen molar-refractivity contribution in [3.8, 4) is 17.3 Å². The van der Waals surface area contributed by atoms with Crippen molar-refractivity contribution in [1.82, 2.24) is 15.2 Å². The molecule has 2 fully saturated rings. The summed E-state index contributed by atoms with van der Waals surface area (Å²) in [5.74, 6) is -0.0873. The molecular weight excluding hydrogens is 531 g/mol. The number of likely N-dealkylation sites (N-methyl/N-ethyl adjacent to an activating group) is 1. The molecule has 0 saturated carbocycles. The van der Waals surface area contributed by atoms with Crippen LogP contribution in [0.4, 0.5) is 18.9 Å². The van der Waals surface area contributed by atoms with Gasteiger partial charge in [-0.05, 0) is 68.2 Å². The number of aliphatic hydroxyl groups excluding tert-OH is 1. The second-order valence-electron chi connectivity index (χ2n) is 10.9. The highest BCUT2D eigenvalue weighted by Crippen LogP contribution is 2.40. The predicted octanol–water partition coefficient (Wildman–Crippen LogP) is 4.49. The molecule has 1 amide bonds. The highest BCUT2D eigenvalue weighted by Gasteiger charge is 2.44. The molecule has 0 radical (unpaired) electrons. The Bertz CT molecular complexity index is 1440. The summed E-state index contributed by atoms with van der Waals surface area (Å²) < 4.78 is 39.7. The first-order chi connectivity index (χ1) is 19.6. The molecule has 0 aliphatic carbocycles. The van der Waals surface area contributed by atoms with Crippen LogP contribution in [0.5, 0.6) is 0 Å². The van der Waals surface area contributed by atoms with Gasteiger partial charge in [0.1, 0.15) is 6.07 Å². The minimum absolute atomic E-state index is 0.0335. The summed E-state index contributed by atoms with van der Waals surface area (Å²) in [6.45, 7) is 2.31. The van der Waals surface area contributed by atoms with Crippen LogP contribution < -0.4 is 10.2 Å². The number of likely N-dealkylation sites (tertiary alicyclic amines) is 1. The van der Waals surface area contributed by atoms with Gasteiger partial charge >= 0.3 is 6.18 Å². The second kappa shape index (κ2) is 11.5. The van der Waals surface area contributed by atoms with Gasteiger partial charge in [0, 0.05) is 37.4 Å². The highest BCUT2D eigenvalue weighted by molar-refractivity contribution is 5.89. The molecule has 0 spiro atoms. The number of piperidine rings is 1. The fraction of sp³-hybridized carbons (Fsp3) is 0.387. The quantitative estimate of drug-likeness (QED) is 0.459. The lowest BCUT2D eigenvalue weighted by molar-refractivity contribution is -0.137. The van der Waals surface area contributed by atoms with Gasteiger partial charge in [-0.2, -0.15) is 18.4 Å². The number of aromatic nitrogens is 1. The molecule has 0 unspecified atom stereocenters. The minimum atomic E-state index is -4.54. The van der Waals surface area contributed by atoms with Crippen molar-refractivity contribution < 1.29 is 23.1 Å². The molecule has 7 nitrogen and oxygen atoms in total. The Morgan fingerprint density at radius 1 is 1.15 bits per heavy atom. The summed E-state index contributed by atoms with van der Waals surface area (Å²) in [4.78, 5) is 22.7. The van der Waals surface area contributed by atoms with E-state index in [1.807, 2.05) is 54.4 Å². The molecule has 5 rings (SSSR count). The molecule has 2 aliphatic rings. The van der Waals surface area contributed by atoms with Crippen LogP contribution >= 0.6 is 0 Å². The number of aliphatic hydroxyl groups is 1. The van der Waals surface area contributed by atoms with Crippen LogP contribution in [0.2, 0.25) is 0 Å². The number of nitriles is 1. The maximum atomic E-state index is 14.0. The van der Waals surface area contributed by atoms with Crippen LogP contribution in [0.1, 0.15) is 41.5 Å². The summed E-state index contributed by atoms with van der Waals surface area (Å²) >= 11 is 0. The van der Waals surface area contributed by atoms with Crippen molar-refractivity contribution in [1.29, 1.82) is 5.26 Å². The van der Waals surface area contributed by atoms with Gasteiger partial charge in [0.15, 0.2) is 0 Å². The molecule has 2 N–H and O–H groups in total. The normalized spacial score (nSPS) is 19.1. The Morgan fingerprint density at radius 2 is 1.90 bits per heavy atom. The van der Waals surface area contributed by atoms with Gasteiger partial charge in [-0.3, -0.25) is 9.78 Å². The number of anilines is 1. The Morgan fingerprint density at radius 3 is 2.51 bits per heavy atom. The molecule has 2 aromatic carbocycles. The summed E-state index contributed by atoms with van der Waals surface area (Å²) in [7, 11) is 2.02. The van der Waals surface area contributed by atoms with E-state index >= 15 is 0 Å². The molecular formula is C31H32F3N5O2. The Hall–Kier alpha value is -3.94. The van der Waals surface area contributed by atoms with Crippen LogP contribution in [0.25, 0.3) is 11.3 Å². The van der Waals surface area contributed by atoms with Gasteiger partial charge in [-0.25, -0.2) is 0 Å². The standard InChI is InChI=1S/C31H32F3N5O2/c1-38-13-10-25(19-38)37-29(41)30(24-6-8-27(36-18-24)26-5-3-2-4-21(26)20-40)11-14-39(15-12-30)28-9-7-23(31(32,33)34)16-22(28)17-35/h2-9,16,18,25,40H,10-15,19-20H2,1H3,(H,37,41)/t25-/m1/s1. The van der Waals surface area contributed by atoms with Crippen molar-refractivity contribution in [2.45, 2.75) is 43.5 Å². The third-order valence-corrected chi connectivity index (χ3v) is 8.34. The molecule has 1 atom stereocenters. The van der Waals surface area contributed by atoms with E-state index in [1.165, 1.54) is 6.07 Å². The van der Waals surface area contributed by atoms with E-state index in [4.69, 9.17) is 0 Å². The SMILES string of the molecule is CN1CC[C@@H](NC(=O)C2(c3ccc(-c4ccccc4CO)nc3)CCN(c3ccc(C(F)(F)F)cc3C#N)CC2)C1. The summed E-state index contributed by atoms with van der Waals surface area (Å²) in [5.41, 5.74) is 1.66. The van der Waals surface area contributed by atoms with E-state index in [-0.39, 0.29) is 24.1 Å². The van der Waals surface area contributed by atoms with E-state index < -0.39 is 17.2 Å². The first kappa shape index (κ1) is 28.6. The molecule has 10 heteroatoms. The number of alkyl halides is 3. The number of amides is 1. The summed E-state index contributed by atoms with van der Waals surface area (Å²) in [6, 6.07) is 16.4. The molecule has 0 bridgehead atoms. The smallest absolute Gasteiger partial charge is 0.392 e. The number of hydrogen-bond donors (Lipinski definition) is 2. The van der Waals surface area contributed by atoms with Gasteiger partial charge < -0.3 is 20.2 Å². The third-order valence-electron chi connectivity index (χ3n) is 8.34. The lowest BCUT2D eigenvalue weighted by Crippen LogP contribution is -2.54. The van der Waals surface area contributed by atoms with Crippen molar-refractivity contribution in [3.63, 3.8) is 0 Å². The third kappa shape index (κ3) is 5.78. The van der Waals surface area contributed by atoms with Gasteiger partial charge in [0.25, 0.3) is 0 Å². The van der Waals surface area contributed by atoms with Crippen LogP contribution in [0.3, 0.4) is 0 Å². The van der Waals surface area contributed by atoms with E-state index in [9.17, 15) is 28.3 Å². The summed E-state index contributed by atoms with van der Waals surface area (Å²) in [6.07, 6.45) is -1.15. The van der Waals surface area contributed by atoms with Gasteiger partial charge in [-0.1, -0.05) is 30.3 Å². The fourth-order valence-corrected chi connectivity index (χ4v) is 5.97. The molecule has 2 aliphatic heterocycles. The fourth-order valence-electron chi connectivity index (χ4n) is 5.97. The van der Waals surface area contributed by atoms with Gasteiger partial charge in [0.2, 0.25) is 5.91 Å². The lowest BCUT2D eigenvalue weighted by atomic mass is 9.72. The Labute approximate surface area is 237 Å². The maximum Gasteiger partial charge on any atom is 0.416 e. The minimum Gasteiger partial charge on any atom is -0.392 e. The number of pyridine rings is 1. The zero-order valence-electron chi connectivity index (χ0n) is 22.8. The molecule has 1 aromatic heterocycles. The Kier molecular flexibility index (Phi) is 8.02. The molecule has 41 heavy (non-hydrogen) atoms. The van der Waals surface area contributed by atoms with Crippen LogP contribution in [-0.4, -0.2) is 60.2 Å². The second-order valence-corrected chi connectivity index (χ2v) is 10.9. The number of carbonyl (C=O) groups excluding carboxylic acids is 1. The number of carbonyl (C=O) groups is 1. The van der Waals surface area contributed by atoms with Crippen molar-refractivity contribution in [2.75, 3.05) is 38.1 Å². The van der Waals surface area contributed by atoms with Crippen molar-refractivity contribution in [3.05, 3.63) is 83.0 Å². The largest absolute Gasteiger partial charge is 0.416 e. The van der Waals surface area contributed by atoms with Crippen LogP contribution in [0, 0.1) is 11.3 Å². The zero-order chi connectivity index (χ0) is 29.2. The summed E-state index contributed by atoms with van der Waals surface area (Å²) in [5, 5.41) is 22.6. The maximum absolute atomic E-state index is 14.0. The van der Waals surface area contributed by atoms with Crippen molar-refractivity contribution in [2.24, 2.45) is 0 Å². The Balaban J connectivity index is 1.44. The van der Waals surface area contributed by atoms with Crippen LogP contribution in [0.15, 0.2) is 60.8 Å². The van der Waals surface area contributed by atoms with E-state index in [2.05, 4.69) is 15.2 Å².